The lowest BCUT2D eigenvalue weighted by Crippen LogP contribution is -2.10. The van der Waals surface area contributed by atoms with Crippen LogP contribution in [-0.4, -0.2) is 4.32 Å². The predicted octanol–water partition coefficient (Wildman–Crippen LogP) is 3.50. The average molecular weight is 225 g/mol. The zero-order valence-electron chi connectivity index (χ0n) is 7.47. The first-order chi connectivity index (χ1) is 5.56. The van der Waals surface area contributed by atoms with Crippen molar-refractivity contribution in [2.24, 2.45) is 0 Å². The Morgan fingerprint density at radius 3 is 2.08 bits per heavy atom. The molecule has 1 heteroatoms. The van der Waals surface area contributed by atoms with Gasteiger partial charge in [0.2, 0.25) is 0 Å². The standard InChI is InChI=1S/C11H13Br/c1-10(8-11(10,2)12)9-6-4-3-5-7-9/h3-7H,8H2,1-2H3. The molecule has 1 aromatic carbocycles. The van der Waals surface area contributed by atoms with Gasteiger partial charge in [0.05, 0.1) is 0 Å². The SMILES string of the molecule is CC1(Br)CC1(C)c1ccccc1. The summed E-state index contributed by atoms with van der Waals surface area (Å²) in [5.41, 5.74) is 1.80. The van der Waals surface area contributed by atoms with Crippen molar-refractivity contribution in [3.05, 3.63) is 35.9 Å². The third kappa shape index (κ3) is 1.03. The maximum Gasteiger partial charge on any atom is 0.0333 e. The number of alkyl halides is 1. The van der Waals surface area contributed by atoms with E-state index in [9.17, 15) is 0 Å². The van der Waals surface area contributed by atoms with Crippen LogP contribution in [0.2, 0.25) is 0 Å². The first-order valence-electron chi connectivity index (χ1n) is 4.31. The van der Waals surface area contributed by atoms with E-state index in [-0.39, 0.29) is 0 Å². The molecule has 0 aliphatic heterocycles. The molecule has 1 aliphatic rings. The topological polar surface area (TPSA) is 0 Å². The Hall–Kier alpha value is -0.300. The van der Waals surface area contributed by atoms with Crippen LogP contribution in [0.15, 0.2) is 30.3 Å². The Morgan fingerprint density at radius 2 is 1.67 bits per heavy atom. The molecule has 0 saturated heterocycles. The fraction of sp³-hybridized carbons (Fsp3) is 0.455. The van der Waals surface area contributed by atoms with Gasteiger partial charge in [-0.2, -0.15) is 0 Å². The van der Waals surface area contributed by atoms with Crippen LogP contribution in [0, 0.1) is 0 Å². The van der Waals surface area contributed by atoms with Gasteiger partial charge >= 0.3 is 0 Å². The van der Waals surface area contributed by atoms with Crippen molar-refractivity contribution in [2.75, 3.05) is 0 Å². The highest BCUT2D eigenvalue weighted by molar-refractivity contribution is 9.10. The van der Waals surface area contributed by atoms with Gasteiger partial charge in [-0.25, -0.2) is 0 Å². The molecule has 0 heterocycles. The highest BCUT2D eigenvalue weighted by Gasteiger charge is 2.60. The fourth-order valence-corrected chi connectivity index (χ4v) is 2.62. The van der Waals surface area contributed by atoms with Gasteiger partial charge in [0, 0.05) is 9.74 Å². The van der Waals surface area contributed by atoms with Gasteiger partial charge in [0.1, 0.15) is 0 Å². The molecule has 1 fully saturated rings. The summed E-state index contributed by atoms with van der Waals surface area (Å²) in [4.78, 5) is 0. The van der Waals surface area contributed by atoms with Crippen molar-refractivity contribution in [2.45, 2.75) is 30.0 Å². The van der Waals surface area contributed by atoms with Crippen LogP contribution in [0.1, 0.15) is 25.8 Å². The normalized spacial score (nSPS) is 39.6. The number of rotatable bonds is 1. The van der Waals surface area contributed by atoms with Crippen LogP contribution in [0.4, 0.5) is 0 Å². The van der Waals surface area contributed by atoms with E-state index in [0.29, 0.717) is 9.74 Å². The third-order valence-corrected chi connectivity index (χ3v) is 4.28. The lowest BCUT2D eigenvalue weighted by atomic mass is 9.96. The van der Waals surface area contributed by atoms with Gasteiger partial charge in [-0.3, -0.25) is 0 Å². The molecule has 12 heavy (non-hydrogen) atoms. The highest BCUT2D eigenvalue weighted by atomic mass is 79.9. The summed E-state index contributed by atoms with van der Waals surface area (Å²) in [5, 5.41) is 0. The Balaban J connectivity index is 2.35. The summed E-state index contributed by atoms with van der Waals surface area (Å²) in [7, 11) is 0. The monoisotopic (exact) mass is 224 g/mol. The molecule has 0 N–H and O–H groups in total. The molecule has 2 rings (SSSR count). The predicted molar refractivity (Wildman–Crippen MR) is 55.7 cm³/mol. The van der Waals surface area contributed by atoms with Gasteiger partial charge in [-0.1, -0.05) is 53.2 Å². The summed E-state index contributed by atoms with van der Waals surface area (Å²) in [6.45, 7) is 4.58. The average Bonchev–Trinajstić information content (AvgIpc) is 2.55. The molecular formula is C11H13Br. The van der Waals surface area contributed by atoms with Crippen molar-refractivity contribution in [1.82, 2.24) is 0 Å². The minimum absolute atomic E-state index is 0.321. The van der Waals surface area contributed by atoms with E-state index in [1.807, 2.05) is 0 Å². The lowest BCUT2D eigenvalue weighted by Gasteiger charge is -2.13. The van der Waals surface area contributed by atoms with E-state index in [0.717, 1.165) is 0 Å². The second-order valence-electron chi connectivity index (χ2n) is 4.07. The quantitative estimate of drug-likeness (QED) is 0.641. The zero-order chi connectivity index (χ0) is 8.82. The fourth-order valence-electron chi connectivity index (χ4n) is 1.83. The van der Waals surface area contributed by atoms with E-state index >= 15 is 0 Å². The van der Waals surface area contributed by atoms with E-state index < -0.39 is 0 Å². The van der Waals surface area contributed by atoms with Crippen LogP contribution >= 0.6 is 15.9 Å². The van der Waals surface area contributed by atoms with E-state index in [1.54, 1.807) is 0 Å². The van der Waals surface area contributed by atoms with Gasteiger partial charge in [-0.05, 0) is 18.9 Å². The maximum absolute atomic E-state index is 3.75. The molecule has 2 unspecified atom stereocenters. The molecular weight excluding hydrogens is 212 g/mol. The van der Waals surface area contributed by atoms with E-state index in [1.165, 1.54) is 12.0 Å². The molecule has 1 aliphatic carbocycles. The van der Waals surface area contributed by atoms with E-state index in [4.69, 9.17) is 0 Å². The second-order valence-corrected chi connectivity index (χ2v) is 5.82. The summed E-state index contributed by atoms with van der Waals surface area (Å²) in [6.07, 6.45) is 1.24. The number of hydrogen-bond donors (Lipinski definition) is 0. The Morgan fingerprint density at radius 1 is 1.17 bits per heavy atom. The van der Waals surface area contributed by atoms with Crippen molar-refractivity contribution < 1.29 is 0 Å². The van der Waals surface area contributed by atoms with Crippen LogP contribution < -0.4 is 0 Å². The van der Waals surface area contributed by atoms with Crippen molar-refractivity contribution in [3.63, 3.8) is 0 Å². The number of halogens is 1. The molecule has 0 amide bonds. The van der Waals surface area contributed by atoms with Crippen LogP contribution in [0.5, 0.6) is 0 Å². The van der Waals surface area contributed by atoms with Crippen molar-refractivity contribution >= 4 is 15.9 Å². The third-order valence-electron chi connectivity index (χ3n) is 3.12. The molecule has 64 valence electrons. The molecule has 0 nitrogen and oxygen atoms in total. The first-order valence-corrected chi connectivity index (χ1v) is 5.10. The molecule has 0 radical (unpaired) electrons. The van der Waals surface area contributed by atoms with Gasteiger partial charge in [-0.15, -0.1) is 0 Å². The highest BCUT2D eigenvalue weighted by Crippen LogP contribution is 2.62. The molecule has 1 saturated carbocycles. The van der Waals surface area contributed by atoms with Crippen LogP contribution in [0.3, 0.4) is 0 Å². The largest absolute Gasteiger partial charge is 0.0846 e. The van der Waals surface area contributed by atoms with Crippen LogP contribution in [0.25, 0.3) is 0 Å². The minimum Gasteiger partial charge on any atom is -0.0846 e. The smallest absolute Gasteiger partial charge is 0.0333 e. The Bertz CT molecular complexity index is 289. The van der Waals surface area contributed by atoms with E-state index in [2.05, 4.69) is 60.1 Å². The van der Waals surface area contributed by atoms with Gasteiger partial charge in [0.15, 0.2) is 0 Å². The molecule has 1 aromatic rings. The van der Waals surface area contributed by atoms with Crippen molar-refractivity contribution in [3.8, 4) is 0 Å². The molecule has 0 aromatic heterocycles. The Kier molecular flexibility index (Phi) is 1.63. The van der Waals surface area contributed by atoms with Gasteiger partial charge in [0.25, 0.3) is 0 Å². The van der Waals surface area contributed by atoms with Gasteiger partial charge < -0.3 is 0 Å². The maximum atomic E-state index is 3.75. The molecule has 2 atom stereocenters. The van der Waals surface area contributed by atoms with Crippen LogP contribution in [-0.2, 0) is 5.41 Å². The minimum atomic E-state index is 0.321. The number of hydrogen-bond acceptors (Lipinski definition) is 0. The first kappa shape index (κ1) is 8.31. The number of benzene rings is 1. The summed E-state index contributed by atoms with van der Waals surface area (Å²) < 4.78 is 0.321. The second kappa shape index (κ2) is 2.35. The van der Waals surface area contributed by atoms with Crippen molar-refractivity contribution in [1.29, 1.82) is 0 Å². The summed E-state index contributed by atoms with van der Waals surface area (Å²) in [6, 6.07) is 10.7. The lowest BCUT2D eigenvalue weighted by molar-refractivity contribution is 0.736. The Labute approximate surface area is 82.1 Å². The summed E-state index contributed by atoms with van der Waals surface area (Å²) >= 11 is 3.75. The summed E-state index contributed by atoms with van der Waals surface area (Å²) in [5.74, 6) is 0. The molecule has 0 bridgehead atoms. The molecule has 0 spiro atoms. The zero-order valence-corrected chi connectivity index (χ0v) is 9.06.